The molecule has 3 rings (SSSR count). The summed E-state index contributed by atoms with van der Waals surface area (Å²) in [6, 6.07) is 0. The van der Waals surface area contributed by atoms with Crippen molar-refractivity contribution < 1.29 is 15.3 Å². The van der Waals surface area contributed by atoms with Crippen LogP contribution >= 0.6 is 0 Å². The third-order valence-electron chi connectivity index (χ3n) is 8.44. The van der Waals surface area contributed by atoms with Crippen LogP contribution in [0.3, 0.4) is 0 Å². The number of aliphatic hydroxyl groups is 3. The number of hydrogen-bond acceptors (Lipinski definition) is 3. The number of rotatable bonds is 6. The molecule has 0 spiro atoms. The first-order valence-electron chi connectivity index (χ1n) is 12.2. The van der Waals surface area contributed by atoms with E-state index in [1.807, 2.05) is 13.8 Å². The van der Waals surface area contributed by atoms with Gasteiger partial charge in [0.15, 0.2) is 0 Å². The van der Waals surface area contributed by atoms with E-state index in [-0.39, 0.29) is 0 Å². The maximum Gasteiger partial charge on any atom is 0.0811 e. The summed E-state index contributed by atoms with van der Waals surface area (Å²) in [6.07, 6.45) is 13.9. The molecule has 3 nitrogen and oxygen atoms in total. The quantitative estimate of drug-likeness (QED) is 0.520. The highest BCUT2D eigenvalue weighted by atomic mass is 16.3. The number of aliphatic hydroxyl groups excluding tert-OH is 2. The molecule has 6 atom stereocenters. The molecule has 3 aliphatic rings. The van der Waals surface area contributed by atoms with Crippen LogP contribution in [0.5, 0.6) is 0 Å². The first-order valence-corrected chi connectivity index (χ1v) is 12.2. The second-order valence-electron chi connectivity index (χ2n) is 11.3. The van der Waals surface area contributed by atoms with Crippen LogP contribution in [0.4, 0.5) is 0 Å². The smallest absolute Gasteiger partial charge is 0.0811 e. The molecular formula is C27H44O3. The fourth-order valence-electron chi connectivity index (χ4n) is 6.74. The van der Waals surface area contributed by atoms with Crippen molar-refractivity contribution in [3.63, 3.8) is 0 Å². The van der Waals surface area contributed by atoms with Gasteiger partial charge in [0.1, 0.15) is 0 Å². The second kappa shape index (κ2) is 9.30. The summed E-state index contributed by atoms with van der Waals surface area (Å²) in [7, 11) is 0. The average Bonchev–Trinajstić information content (AvgIpc) is 3.00. The number of fused-ring (bicyclic) bond motifs is 1. The summed E-state index contributed by atoms with van der Waals surface area (Å²) < 4.78 is 0. The number of hydrogen-bond donors (Lipinski definition) is 3. The van der Waals surface area contributed by atoms with Gasteiger partial charge in [0.25, 0.3) is 0 Å². The molecule has 0 heterocycles. The Bertz CT molecular complexity index is 683. The van der Waals surface area contributed by atoms with Crippen molar-refractivity contribution >= 4 is 0 Å². The Hall–Kier alpha value is -0.900. The summed E-state index contributed by atoms with van der Waals surface area (Å²) in [4.78, 5) is 0. The van der Waals surface area contributed by atoms with Crippen molar-refractivity contribution in [1.82, 2.24) is 0 Å². The van der Waals surface area contributed by atoms with Gasteiger partial charge in [-0.15, -0.1) is 0 Å². The fraction of sp³-hybridized carbons (Fsp3) is 0.778. The van der Waals surface area contributed by atoms with Gasteiger partial charge < -0.3 is 15.3 Å². The molecule has 30 heavy (non-hydrogen) atoms. The molecule has 3 heteroatoms. The van der Waals surface area contributed by atoms with Gasteiger partial charge in [0.05, 0.1) is 17.8 Å². The Morgan fingerprint density at radius 3 is 2.67 bits per heavy atom. The molecule has 0 aromatic heterocycles. The van der Waals surface area contributed by atoms with E-state index in [2.05, 4.69) is 32.6 Å². The average molecular weight is 417 g/mol. The highest BCUT2D eigenvalue weighted by Gasteiger charge is 2.50. The van der Waals surface area contributed by atoms with Crippen molar-refractivity contribution in [3.05, 3.63) is 35.5 Å². The summed E-state index contributed by atoms with van der Waals surface area (Å²) in [5.74, 6) is 2.11. The highest BCUT2D eigenvalue weighted by Crippen LogP contribution is 2.60. The molecule has 0 saturated heterocycles. The van der Waals surface area contributed by atoms with Gasteiger partial charge in [-0.3, -0.25) is 0 Å². The van der Waals surface area contributed by atoms with Gasteiger partial charge in [-0.2, -0.15) is 0 Å². The molecule has 0 aromatic rings. The van der Waals surface area contributed by atoms with E-state index in [4.69, 9.17) is 0 Å². The zero-order valence-electron chi connectivity index (χ0n) is 19.7. The van der Waals surface area contributed by atoms with E-state index >= 15 is 0 Å². The Labute approximate surface area is 184 Å². The fourth-order valence-corrected chi connectivity index (χ4v) is 6.74. The monoisotopic (exact) mass is 416 g/mol. The van der Waals surface area contributed by atoms with Gasteiger partial charge in [0, 0.05) is 6.42 Å². The van der Waals surface area contributed by atoms with Crippen LogP contribution in [-0.4, -0.2) is 33.1 Å². The molecule has 0 aromatic carbocycles. The minimum atomic E-state index is -0.615. The predicted octanol–water partition coefficient (Wildman–Crippen LogP) is 5.70. The molecule has 3 fully saturated rings. The van der Waals surface area contributed by atoms with Gasteiger partial charge >= 0.3 is 0 Å². The Morgan fingerprint density at radius 1 is 1.23 bits per heavy atom. The van der Waals surface area contributed by atoms with E-state index < -0.39 is 17.8 Å². The molecule has 3 aliphatic carbocycles. The van der Waals surface area contributed by atoms with Crippen LogP contribution in [0.2, 0.25) is 0 Å². The predicted molar refractivity (Wildman–Crippen MR) is 124 cm³/mol. The highest BCUT2D eigenvalue weighted by molar-refractivity contribution is 5.38. The van der Waals surface area contributed by atoms with Crippen molar-refractivity contribution in [2.24, 2.45) is 23.2 Å². The maximum atomic E-state index is 10.1. The van der Waals surface area contributed by atoms with Gasteiger partial charge in [-0.25, -0.2) is 0 Å². The van der Waals surface area contributed by atoms with E-state index in [0.717, 1.165) is 29.9 Å². The SMILES string of the molecule is C=C1/C(=C/C=C2/CCC[C@@]3(C)[C@@H]([C@H](C)CCCC(C)(C)O)CC[C@@H]23)C[C@@H](O)C[C@@H]1O. The van der Waals surface area contributed by atoms with E-state index in [0.29, 0.717) is 30.1 Å². The lowest BCUT2D eigenvalue weighted by molar-refractivity contribution is 0.0596. The largest absolute Gasteiger partial charge is 0.393 e. The van der Waals surface area contributed by atoms with Crippen molar-refractivity contribution in [3.8, 4) is 0 Å². The second-order valence-corrected chi connectivity index (χ2v) is 11.3. The number of allylic oxidation sites excluding steroid dienone is 3. The molecule has 0 aliphatic heterocycles. The first-order chi connectivity index (χ1) is 14.0. The van der Waals surface area contributed by atoms with E-state index in [1.54, 1.807) is 5.57 Å². The molecular weight excluding hydrogens is 372 g/mol. The summed E-state index contributed by atoms with van der Waals surface area (Å²) in [6.45, 7) is 12.8. The van der Waals surface area contributed by atoms with Crippen LogP contribution in [0.25, 0.3) is 0 Å². The molecule has 0 amide bonds. The first kappa shape index (κ1) is 23.8. The lowest BCUT2D eigenvalue weighted by Gasteiger charge is -2.44. The Balaban J connectivity index is 1.70. The van der Waals surface area contributed by atoms with E-state index in [9.17, 15) is 15.3 Å². The van der Waals surface area contributed by atoms with Gasteiger partial charge in [-0.1, -0.05) is 51.0 Å². The minimum Gasteiger partial charge on any atom is -0.393 e. The van der Waals surface area contributed by atoms with Gasteiger partial charge in [-0.05, 0) is 93.1 Å². The molecule has 3 saturated carbocycles. The Morgan fingerprint density at radius 2 is 1.97 bits per heavy atom. The van der Waals surface area contributed by atoms with Crippen LogP contribution < -0.4 is 0 Å². The zero-order chi connectivity index (χ0) is 22.1. The molecule has 3 N–H and O–H groups in total. The van der Waals surface area contributed by atoms with Crippen molar-refractivity contribution in [2.75, 3.05) is 0 Å². The lowest BCUT2D eigenvalue weighted by atomic mass is 9.60. The van der Waals surface area contributed by atoms with Crippen LogP contribution in [0.1, 0.15) is 91.9 Å². The summed E-state index contributed by atoms with van der Waals surface area (Å²) in [5.41, 5.74) is 3.17. The van der Waals surface area contributed by atoms with Gasteiger partial charge in [0.2, 0.25) is 0 Å². The normalized spacial score (nSPS) is 38.8. The van der Waals surface area contributed by atoms with E-state index in [1.165, 1.54) is 38.5 Å². The van der Waals surface area contributed by atoms with Crippen molar-refractivity contribution in [2.45, 2.75) is 110 Å². The lowest BCUT2D eigenvalue weighted by Crippen LogP contribution is -2.36. The summed E-state index contributed by atoms with van der Waals surface area (Å²) in [5, 5.41) is 30.2. The van der Waals surface area contributed by atoms with Crippen molar-refractivity contribution in [1.29, 1.82) is 0 Å². The summed E-state index contributed by atoms with van der Waals surface area (Å²) >= 11 is 0. The van der Waals surface area contributed by atoms with Crippen LogP contribution in [0.15, 0.2) is 35.5 Å². The van der Waals surface area contributed by atoms with Crippen LogP contribution in [-0.2, 0) is 0 Å². The third kappa shape index (κ3) is 5.29. The zero-order valence-corrected chi connectivity index (χ0v) is 19.7. The standard InChI is InChI=1S/C27H44O3/c1-18(8-6-14-26(3,4)30)23-12-13-24-20(9-7-15-27(23,24)5)10-11-21-16-22(28)17-25(29)19(21)2/h10-11,18,22-25,28-30H,2,6-9,12-17H2,1,3-5H3/b20-10-,21-11+/t18-,22-,23-,24+,25+,27+/m1/s1. The molecule has 0 bridgehead atoms. The maximum absolute atomic E-state index is 10.1. The Kier molecular flexibility index (Phi) is 7.37. The molecule has 170 valence electrons. The van der Waals surface area contributed by atoms with Crippen LogP contribution in [0, 0.1) is 23.2 Å². The minimum absolute atomic E-state index is 0.374. The molecule has 0 unspecified atom stereocenters. The topological polar surface area (TPSA) is 60.7 Å². The molecule has 0 radical (unpaired) electrons. The third-order valence-corrected chi connectivity index (χ3v) is 8.44.